The van der Waals surface area contributed by atoms with Gasteiger partial charge in [0.05, 0.1) is 0 Å². The van der Waals surface area contributed by atoms with Crippen molar-refractivity contribution in [2.24, 2.45) is 0 Å². The van der Waals surface area contributed by atoms with Gasteiger partial charge < -0.3 is 0 Å². The van der Waals surface area contributed by atoms with Crippen LogP contribution in [0.2, 0.25) is 0 Å². The summed E-state index contributed by atoms with van der Waals surface area (Å²) in [6, 6.07) is 1.65. The van der Waals surface area contributed by atoms with Crippen molar-refractivity contribution >= 4 is 0 Å². The standard InChI is InChI=1S/C10H14N2.Pt/c1-8-6-11(9-2-3-9)7-12(8)10-4-5-10;/h6,9-10H,2-5H2,1H3;. The predicted molar refractivity (Wildman–Crippen MR) is 46.9 cm³/mol. The molecule has 0 aliphatic heterocycles. The van der Waals surface area contributed by atoms with Gasteiger partial charge in [-0.05, 0) is 0 Å². The van der Waals surface area contributed by atoms with E-state index in [0.717, 1.165) is 12.1 Å². The molecule has 0 saturated heterocycles. The molecule has 0 N–H and O–H groups in total. The molecule has 0 amide bonds. The van der Waals surface area contributed by atoms with E-state index in [0.29, 0.717) is 0 Å². The van der Waals surface area contributed by atoms with Gasteiger partial charge in [-0.25, -0.2) is 0 Å². The molecule has 2 aliphatic carbocycles. The Kier molecular flexibility index (Phi) is 1.71. The number of imidazole rings is 1. The first-order valence-electron chi connectivity index (χ1n) is 5.03. The molecule has 3 heteroatoms. The van der Waals surface area contributed by atoms with Crippen molar-refractivity contribution in [2.45, 2.75) is 44.7 Å². The first-order valence-corrected chi connectivity index (χ1v) is 6.16. The number of aromatic nitrogens is 2. The summed E-state index contributed by atoms with van der Waals surface area (Å²) in [5.41, 5.74) is 1.44. The molecule has 1 aromatic rings. The quantitative estimate of drug-likeness (QED) is 0.769. The summed E-state index contributed by atoms with van der Waals surface area (Å²) in [6.45, 7) is 2.24. The SMILES string of the molecule is Cc1cn(C2CC2)[c](=[Pt])n1C1CC1. The van der Waals surface area contributed by atoms with Crippen molar-refractivity contribution in [3.05, 3.63) is 15.7 Å². The third-order valence-electron chi connectivity index (χ3n) is 2.94. The minimum absolute atomic E-state index is 0.825. The van der Waals surface area contributed by atoms with Crippen LogP contribution in [0.25, 0.3) is 0 Å². The molecule has 1 aromatic heterocycles. The number of rotatable bonds is 2. The number of aryl methyl sites for hydroxylation is 1. The van der Waals surface area contributed by atoms with Gasteiger partial charge in [0, 0.05) is 0 Å². The van der Waals surface area contributed by atoms with Crippen LogP contribution in [0, 0.1) is 10.7 Å². The van der Waals surface area contributed by atoms with E-state index in [-0.39, 0.29) is 0 Å². The Morgan fingerprint density at radius 1 is 1.23 bits per heavy atom. The van der Waals surface area contributed by atoms with Crippen LogP contribution >= 0.6 is 0 Å². The van der Waals surface area contributed by atoms with Crippen molar-refractivity contribution < 1.29 is 19.4 Å². The summed E-state index contributed by atoms with van der Waals surface area (Å²) in [5.74, 6) is 0. The average molecular weight is 357 g/mol. The molecule has 0 aromatic carbocycles. The van der Waals surface area contributed by atoms with E-state index in [1.54, 1.807) is 0 Å². The number of hydrogen-bond acceptors (Lipinski definition) is 0. The van der Waals surface area contributed by atoms with E-state index in [1.807, 2.05) is 0 Å². The fourth-order valence-electron chi connectivity index (χ4n) is 1.93. The Bertz CT molecular complexity index is 394. The minimum atomic E-state index is 0.825. The number of nitrogens with zero attached hydrogens (tertiary/aromatic N) is 2. The molecule has 0 bridgehead atoms. The second kappa shape index (κ2) is 2.70. The predicted octanol–water partition coefficient (Wildman–Crippen LogP) is 2.35. The van der Waals surface area contributed by atoms with E-state index < -0.39 is 0 Å². The van der Waals surface area contributed by atoms with Crippen LogP contribution in [0.5, 0.6) is 0 Å². The summed E-state index contributed by atoms with van der Waals surface area (Å²) in [7, 11) is 0. The van der Waals surface area contributed by atoms with Crippen LogP contribution in [-0.2, 0) is 19.4 Å². The Balaban J connectivity index is 2.11. The Morgan fingerprint density at radius 3 is 2.38 bits per heavy atom. The topological polar surface area (TPSA) is 9.86 Å². The monoisotopic (exact) mass is 357 g/mol. The Hall–Kier alpha value is -0.102. The zero-order valence-corrected chi connectivity index (χ0v) is 10.0. The Morgan fingerprint density at radius 2 is 1.85 bits per heavy atom. The number of hydrogen-bond donors (Lipinski definition) is 0. The van der Waals surface area contributed by atoms with Gasteiger partial charge in [0.15, 0.2) is 0 Å². The maximum atomic E-state index is 2.51. The van der Waals surface area contributed by atoms with Crippen molar-refractivity contribution in [3.8, 4) is 0 Å². The second-order valence-electron chi connectivity index (χ2n) is 4.25. The summed E-state index contributed by atoms with van der Waals surface area (Å²) in [4.78, 5) is 0. The van der Waals surface area contributed by atoms with Gasteiger partial charge >= 0.3 is 88.9 Å². The molecule has 2 aliphatic rings. The van der Waals surface area contributed by atoms with E-state index in [2.05, 4.69) is 41.6 Å². The zero-order chi connectivity index (χ0) is 9.00. The normalized spacial score (nSPS) is 22.4. The average Bonchev–Trinajstić information content (AvgIpc) is 2.96. The molecule has 13 heavy (non-hydrogen) atoms. The molecule has 2 nitrogen and oxygen atoms in total. The molecule has 1 heterocycles. The molecule has 2 saturated carbocycles. The van der Waals surface area contributed by atoms with Crippen LogP contribution in [-0.4, -0.2) is 9.13 Å². The van der Waals surface area contributed by atoms with Gasteiger partial charge in [0.2, 0.25) is 0 Å². The van der Waals surface area contributed by atoms with Gasteiger partial charge in [-0.3, -0.25) is 0 Å². The van der Waals surface area contributed by atoms with Gasteiger partial charge in [-0.1, -0.05) is 0 Å². The first kappa shape index (κ1) is 8.23. The molecule has 0 radical (unpaired) electrons. The zero-order valence-electron chi connectivity index (χ0n) is 7.77. The van der Waals surface area contributed by atoms with E-state index in [9.17, 15) is 0 Å². The van der Waals surface area contributed by atoms with Crippen molar-refractivity contribution in [1.29, 1.82) is 0 Å². The van der Waals surface area contributed by atoms with E-state index in [1.165, 1.54) is 35.2 Å². The van der Waals surface area contributed by atoms with Gasteiger partial charge in [0.25, 0.3) is 0 Å². The van der Waals surface area contributed by atoms with Gasteiger partial charge in [-0.15, -0.1) is 0 Å². The Labute approximate surface area is 89.0 Å². The van der Waals surface area contributed by atoms with Crippen LogP contribution in [0.15, 0.2) is 6.20 Å². The third kappa shape index (κ3) is 1.30. The molecule has 74 valence electrons. The maximum absolute atomic E-state index is 2.51. The van der Waals surface area contributed by atoms with Crippen LogP contribution in [0.1, 0.15) is 43.5 Å². The molecular weight excluding hydrogens is 343 g/mol. The summed E-state index contributed by atoms with van der Waals surface area (Å²) >= 11 is 2.48. The molecule has 0 unspecified atom stereocenters. The van der Waals surface area contributed by atoms with Crippen LogP contribution < -0.4 is 0 Å². The van der Waals surface area contributed by atoms with Crippen LogP contribution in [0.4, 0.5) is 0 Å². The first-order chi connectivity index (χ1) is 6.27. The molecular formula is C10H14N2Pt. The molecule has 0 atom stereocenters. The molecule has 0 spiro atoms. The fraction of sp³-hybridized carbons (Fsp3) is 0.700. The third-order valence-corrected chi connectivity index (χ3v) is 4.07. The van der Waals surface area contributed by atoms with Crippen LogP contribution in [0.3, 0.4) is 0 Å². The summed E-state index contributed by atoms with van der Waals surface area (Å²) in [6.07, 6.45) is 7.87. The van der Waals surface area contributed by atoms with Gasteiger partial charge in [-0.2, -0.15) is 0 Å². The molecule has 2 fully saturated rings. The summed E-state index contributed by atoms with van der Waals surface area (Å²) in [5, 5.41) is 0. The van der Waals surface area contributed by atoms with Crippen molar-refractivity contribution in [2.75, 3.05) is 0 Å². The summed E-state index contributed by atoms with van der Waals surface area (Å²) < 4.78 is 6.43. The van der Waals surface area contributed by atoms with E-state index >= 15 is 0 Å². The van der Waals surface area contributed by atoms with Crippen molar-refractivity contribution in [1.82, 2.24) is 9.13 Å². The van der Waals surface area contributed by atoms with E-state index in [4.69, 9.17) is 0 Å². The van der Waals surface area contributed by atoms with Gasteiger partial charge in [0.1, 0.15) is 0 Å². The molecule has 3 rings (SSSR count). The fourth-order valence-corrected chi connectivity index (χ4v) is 3.31. The second-order valence-corrected chi connectivity index (χ2v) is 5.27. The van der Waals surface area contributed by atoms with Crippen molar-refractivity contribution in [3.63, 3.8) is 0 Å².